The summed E-state index contributed by atoms with van der Waals surface area (Å²) in [5, 5.41) is 20.5. The maximum atomic E-state index is 11.1. The topological polar surface area (TPSA) is 98.7 Å². The van der Waals surface area contributed by atoms with E-state index >= 15 is 0 Å². The highest BCUT2D eigenvalue weighted by molar-refractivity contribution is 5.74. The van der Waals surface area contributed by atoms with Gasteiger partial charge in [-0.15, -0.1) is 0 Å². The molecule has 1 aromatic carbocycles. The minimum Gasteiger partial charge on any atom is -0.480 e. The van der Waals surface area contributed by atoms with Crippen molar-refractivity contribution in [3.05, 3.63) is 35.4 Å². The second-order valence-corrected chi connectivity index (χ2v) is 5.29. The van der Waals surface area contributed by atoms with Crippen LogP contribution >= 0.6 is 0 Å². The van der Waals surface area contributed by atoms with Crippen molar-refractivity contribution in [1.29, 1.82) is 0 Å². The Bertz CT molecular complexity index is 471. The predicted octanol–water partition coefficient (Wildman–Crippen LogP) is 1.32. The molecule has 0 radical (unpaired) electrons. The average molecular weight is 294 g/mol. The van der Waals surface area contributed by atoms with Crippen molar-refractivity contribution < 1.29 is 19.9 Å². The van der Waals surface area contributed by atoms with Crippen LogP contribution < -0.4 is 10.8 Å². The molecule has 0 heterocycles. The molecule has 21 heavy (non-hydrogen) atoms. The van der Waals surface area contributed by atoms with Crippen LogP contribution in [0.2, 0.25) is 0 Å². The molecule has 0 aliphatic rings. The summed E-state index contributed by atoms with van der Waals surface area (Å²) < 4.78 is 0. The Labute approximate surface area is 124 Å². The van der Waals surface area contributed by atoms with Crippen molar-refractivity contribution in [2.24, 2.45) is 5.92 Å². The lowest BCUT2D eigenvalue weighted by Crippen LogP contribution is -2.40. The monoisotopic (exact) mass is 294 g/mol. The summed E-state index contributed by atoms with van der Waals surface area (Å²) in [6.07, 6.45) is 0.770. The molecule has 0 aromatic heterocycles. The third kappa shape index (κ3) is 5.93. The highest BCUT2D eigenvalue weighted by atomic mass is 16.5. The van der Waals surface area contributed by atoms with Gasteiger partial charge < -0.3 is 10.4 Å². The maximum absolute atomic E-state index is 11.1. The van der Waals surface area contributed by atoms with Gasteiger partial charge >= 0.3 is 5.97 Å². The van der Waals surface area contributed by atoms with Crippen molar-refractivity contribution in [1.82, 2.24) is 10.8 Å². The van der Waals surface area contributed by atoms with E-state index < -0.39 is 17.9 Å². The molecule has 0 aliphatic carbocycles. The first kappa shape index (κ1) is 17.1. The number of carbonyl (C=O) groups excluding carboxylic acids is 1. The molecule has 116 valence electrons. The van der Waals surface area contributed by atoms with Gasteiger partial charge in [0.1, 0.15) is 6.04 Å². The fourth-order valence-corrected chi connectivity index (χ4v) is 1.97. The number of aryl methyl sites for hydroxylation is 1. The van der Waals surface area contributed by atoms with Gasteiger partial charge in [-0.1, -0.05) is 38.1 Å². The van der Waals surface area contributed by atoms with E-state index in [1.807, 2.05) is 38.1 Å². The number of carboxylic acids is 1. The Morgan fingerprint density at radius 3 is 2.19 bits per heavy atom. The van der Waals surface area contributed by atoms with Crippen molar-refractivity contribution in [3.8, 4) is 0 Å². The Hall–Kier alpha value is -1.92. The van der Waals surface area contributed by atoms with Gasteiger partial charge in [-0.3, -0.25) is 14.8 Å². The van der Waals surface area contributed by atoms with E-state index in [9.17, 15) is 9.59 Å². The summed E-state index contributed by atoms with van der Waals surface area (Å²) in [5.41, 5.74) is 3.57. The molecule has 4 N–H and O–H groups in total. The molecular formula is C15H22N2O4. The lowest BCUT2D eigenvalue weighted by molar-refractivity contribution is -0.140. The first-order valence-corrected chi connectivity index (χ1v) is 6.91. The van der Waals surface area contributed by atoms with E-state index in [1.54, 1.807) is 5.48 Å². The van der Waals surface area contributed by atoms with E-state index in [4.69, 9.17) is 10.3 Å². The normalized spacial score (nSPS) is 12.2. The molecule has 0 bridgehead atoms. The number of hydrogen-bond donors (Lipinski definition) is 4. The number of rotatable bonds is 8. The van der Waals surface area contributed by atoms with Crippen LogP contribution in [0.1, 0.15) is 31.4 Å². The number of amides is 1. The second-order valence-electron chi connectivity index (χ2n) is 5.29. The molecule has 6 heteroatoms. The predicted molar refractivity (Wildman–Crippen MR) is 77.8 cm³/mol. The summed E-state index contributed by atoms with van der Waals surface area (Å²) in [7, 11) is 0. The molecule has 0 fully saturated rings. The fourth-order valence-electron chi connectivity index (χ4n) is 1.97. The van der Waals surface area contributed by atoms with Gasteiger partial charge in [0.05, 0.1) is 0 Å². The smallest absolute Gasteiger partial charge is 0.320 e. The first-order chi connectivity index (χ1) is 9.93. The van der Waals surface area contributed by atoms with Gasteiger partial charge in [0.2, 0.25) is 5.91 Å². The van der Waals surface area contributed by atoms with Gasteiger partial charge in [0.25, 0.3) is 0 Å². The Morgan fingerprint density at radius 2 is 1.71 bits per heavy atom. The molecule has 0 unspecified atom stereocenters. The van der Waals surface area contributed by atoms with Crippen LogP contribution in [-0.2, 0) is 22.6 Å². The molecule has 6 nitrogen and oxygen atoms in total. The Morgan fingerprint density at radius 1 is 1.14 bits per heavy atom. The number of benzene rings is 1. The highest BCUT2D eigenvalue weighted by Gasteiger charge is 2.20. The molecule has 0 spiro atoms. The quantitative estimate of drug-likeness (QED) is 0.428. The van der Waals surface area contributed by atoms with Gasteiger partial charge in [-0.05, 0) is 23.5 Å². The number of nitrogens with one attached hydrogen (secondary N) is 2. The van der Waals surface area contributed by atoms with Crippen LogP contribution in [0, 0.1) is 5.92 Å². The van der Waals surface area contributed by atoms with Gasteiger partial charge in [0.15, 0.2) is 0 Å². The van der Waals surface area contributed by atoms with E-state index in [-0.39, 0.29) is 12.3 Å². The van der Waals surface area contributed by atoms with E-state index in [0.717, 1.165) is 11.1 Å². The minimum atomic E-state index is -0.850. The van der Waals surface area contributed by atoms with E-state index in [1.165, 1.54) is 0 Å². The highest BCUT2D eigenvalue weighted by Crippen LogP contribution is 2.08. The third-order valence-electron chi connectivity index (χ3n) is 3.25. The molecule has 0 saturated carbocycles. The number of hydrogen-bond acceptors (Lipinski definition) is 4. The zero-order valence-electron chi connectivity index (χ0n) is 12.3. The lowest BCUT2D eigenvalue weighted by Gasteiger charge is -2.18. The summed E-state index contributed by atoms with van der Waals surface area (Å²) >= 11 is 0. The van der Waals surface area contributed by atoms with Crippen molar-refractivity contribution >= 4 is 11.9 Å². The average Bonchev–Trinajstić information content (AvgIpc) is 2.45. The molecule has 1 atom stereocenters. The van der Waals surface area contributed by atoms with Crippen LogP contribution in [-0.4, -0.2) is 28.2 Å². The maximum Gasteiger partial charge on any atom is 0.320 e. The summed E-state index contributed by atoms with van der Waals surface area (Å²) in [6.45, 7) is 4.20. The fraction of sp³-hybridized carbons (Fsp3) is 0.467. The van der Waals surface area contributed by atoms with Gasteiger partial charge in [-0.2, -0.15) is 0 Å². The van der Waals surface area contributed by atoms with Gasteiger partial charge in [-0.25, -0.2) is 5.48 Å². The molecule has 1 amide bonds. The summed E-state index contributed by atoms with van der Waals surface area (Å²) in [4.78, 5) is 22.0. The SMILES string of the molecule is CC(C)[C@H](NCc1ccc(CCC(=O)NO)cc1)C(=O)O. The summed E-state index contributed by atoms with van der Waals surface area (Å²) in [5.74, 6) is -1.25. The number of carboxylic acid groups (broad SMARTS) is 1. The van der Waals surface area contributed by atoms with Crippen LogP contribution in [0.25, 0.3) is 0 Å². The van der Waals surface area contributed by atoms with Crippen LogP contribution in [0.4, 0.5) is 0 Å². The van der Waals surface area contributed by atoms with E-state index in [0.29, 0.717) is 13.0 Å². The molecule has 0 saturated heterocycles. The number of carbonyl (C=O) groups is 2. The summed E-state index contributed by atoms with van der Waals surface area (Å²) in [6, 6.07) is 7.02. The van der Waals surface area contributed by atoms with Crippen molar-refractivity contribution in [2.75, 3.05) is 0 Å². The largest absolute Gasteiger partial charge is 0.480 e. The first-order valence-electron chi connectivity index (χ1n) is 6.91. The Kier molecular flexibility index (Phi) is 6.84. The third-order valence-corrected chi connectivity index (χ3v) is 3.25. The Balaban J connectivity index is 2.50. The van der Waals surface area contributed by atoms with Crippen LogP contribution in [0.15, 0.2) is 24.3 Å². The minimum absolute atomic E-state index is 0.0127. The lowest BCUT2D eigenvalue weighted by atomic mass is 10.0. The van der Waals surface area contributed by atoms with Crippen LogP contribution in [0.3, 0.4) is 0 Å². The standard InChI is InChI=1S/C15H22N2O4/c1-10(2)14(15(19)20)16-9-12-5-3-11(4-6-12)7-8-13(18)17-21/h3-6,10,14,16,21H,7-9H2,1-2H3,(H,17,18)(H,19,20)/t14-/m0/s1. The van der Waals surface area contributed by atoms with Crippen LogP contribution in [0.5, 0.6) is 0 Å². The number of aliphatic carboxylic acids is 1. The molecule has 1 aromatic rings. The van der Waals surface area contributed by atoms with E-state index in [2.05, 4.69) is 5.32 Å². The van der Waals surface area contributed by atoms with Crippen molar-refractivity contribution in [2.45, 2.75) is 39.3 Å². The second kappa shape index (κ2) is 8.39. The zero-order valence-corrected chi connectivity index (χ0v) is 12.3. The molecule has 0 aliphatic heterocycles. The zero-order chi connectivity index (χ0) is 15.8. The molecule has 1 rings (SSSR count). The van der Waals surface area contributed by atoms with Crippen molar-refractivity contribution in [3.63, 3.8) is 0 Å². The number of hydroxylamine groups is 1. The molecular weight excluding hydrogens is 272 g/mol. The van der Waals surface area contributed by atoms with Gasteiger partial charge in [0, 0.05) is 13.0 Å².